The van der Waals surface area contributed by atoms with Gasteiger partial charge in [0, 0.05) is 0 Å². The molecule has 1 aromatic carbocycles. The minimum atomic E-state index is -3.69. The van der Waals surface area contributed by atoms with Gasteiger partial charge in [0.2, 0.25) is 0 Å². The third-order valence-electron chi connectivity index (χ3n) is 1.83. The van der Waals surface area contributed by atoms with Gasteiger partial charge in [-0.05, 0) is 28.1 Å². The molecule has 8 heteroatoms. The number of thiazole rings is 1. The number of aromatic nitrogens is 1. The van der Waals surface area contributed by atoms with Crippen molar-refractivity contribution < 1.29 is 8.42 Å². The average Bonchev–Trinajstić information content (AvgIpc) is 2.63. The van der Waals surface area contributed by atoms with Gasteiger partial charge in [0.25, 0.3) is 10.0 Å². The molecular formula is C9H6BrClN2O2S2. The van der Waals surface area contributed by atoms with Crippen LogP contribution >= 0.6 is 38.9 Å². The molecule has 0 aliphatic heterocycles. The molecule has 0 amide bonds. The van der Waals surface area contributed by atoms with Crippen molar-refractivity contribution in [3.05, 3.63) is 39.3 Å². The van der Waals surface area contributed by atoms with Crippen LogP contribution in [0.2, 0.25) is 5.02 Å². The van der Waals surface area contributed by atoms with Gasteiger partial charge in [0.1, 0.15) is 4.90 Å². The number of hydrogen-bond donors (Lipinski definition) is 1. The van der Waals surface area contributed by atoms with Gasteiger partial charge in [-0.25, -0.2) is 13.4 Å². The first-order valence-corrected chi connectivity index (χ1v) is 7.85. The molecule has 0 spiro atoms. The van der Waals surface area contributed by atoms with Crippen LogP contribution in [0.15, 0.2) is 39.1 Å². The largest absolute Gasteiger partial charge is 0.265 e. The van der Waals surface area contributed by atoms with Crippen molar-refractivity contribution in [3.8, 4) is 0 Å². The minimum Gasteiger partial charge on any atom is -0.255 e. The summed E-state index contributed by atoms with van der Waals surface area (Å²) in [5.41, 5.74) is 0. The molecule has 1 N–H and O–H groups in total. The summed E-state index contributed by atoms with van der Waals surface area (Å²) in [5, 5.41) is 0.465. The van der Waals surface area contributed by atoms with Crippen LogP contribution in [0.25, 0.3) is 0 Å². The van der Waals surface area contributed by atoms with E-state index < -0.39 is 10.0 Å². The smallest absolute Gasteiger partial charge is 0.255 e. The third kappa shape index (κ3) is 2.98. The Bertz CT molecular complexity index is 642. The van der Waals surface area contributed by atoms with Crippen molar-refractivity contribution in [2.24, 2.45) is 0 Å². The maximum Gasteiger partial charge on any atom is 0.265 e. The Morgan fingerprint density at radius 1 is 1.35 bits per heavy atom. The van der Waals surface area contributed by atoms with Crippen LogP contribution in [0.5, 0.6) is 0 Å². The van der Waals surface area contributed by atoms with Gasteiger partial charge in [-0.2, -0.15) is 0 Å². The van der Waals surface area contributed by atoms with Crippen LogP contribution in [-0.2, 0) is 10.0 Å². The van der Waals surface area contributed by atoms with E-state index in [1.807, 2.05) is 0 Å². The van der Waals surface area contributed by atoms with Crippen LogP contribution in [0, 0.1) is 0 Å². The fourth-order valence-electron chi connectivity index (χ4n) is 1.13. The maximum absolute atomic E-state index is 12.0. The molecule has 4 nitrogen and oxygen atoms in total. The predicted molar refractivity (Wildman–Crippen MR) is 72.1 cm³/mol. The molecule has 0 aliphatic rings. The van der Waals surface area contributed by atoms with Crippen molar-refractivity contribution in [2.45, 2.75) is 4.90 Å². The highest BCUT2D eigenvalue weighted by Gasteiger charge is 2.18. The molecule has 0 saturated carbocycles. The van der Waals surface area contributed by atoms with E-state index in [-0.39, 0.29) is 15.0 Å². The molecule has 2 aromatic rings. The monoisotopic (exact) mass is 352 g/mol. The van der Waals surface area contributed by atoms with Crippen LogP contribution in [-0.4, -0.2) is 13.4 Å². The molecule has 1 heterocycles. The quantitative estimate of drug-likeness (QED) is 0.920. The molecular weight excluding hydrogens is 348 g/mol. The van der Waals surface area contributed by atoms with Crippen molar-refractivity contribution in [1.82, 2.24) is 4.98 Å². The Kier molecular flexibility index (Phi) is 3.72. The topological polar surface area (TPSA) is 59.1 Å². The molecule has 2 rings (SSSR count). The van der Waals surface area contributed by atoms with Crippen molar-refractivity contribution in [2.75, 3.05) is 4.72 Å². The zero-order chi connectivity index (χ0) is 12.5. The summed E-state index contributed by atoms with van der Waals surface area (Å²) < 4.78 is 27.1. The summed E-state index contributed by atoms with van der Waals surface area (Å²) in [4.78, 5) is 3.93. The lowest BCUT2D eigenvalue weighted by atomic mass is 10.4. The molecule has 0 bridgehead atoms. The number of nitrogens with one attached hydrogen (secondary N) is 1. The Balaban J connectivity index is 2.35. The SMILES string of the molecule is O=S(=O)(Nc1ncc(Br)s1)c1ccccc1Cl. The summed E-state index contributed by atoms with van der Waals surface area (Å²) >= 11 is 10.2. The first kappa shape index (κ1) is 12.8. The van der Waals surface area contributed by atoms with Gasteiger partial charge in [0.05, 0.1) is 15.0 Å². The van der Waals surface area contributed by atoms with Crippen LogP contribution in [0.4, 0.5) is 5.13 Å². The first-order chi connectivity index (χ1) is 7.99. The second-order valence-corrected chi connectivity index (χ2v) is 7.47. The molecule has 0 aliphatic carbocycles. The van der Waals surface area contributed by atoms with E-state index in [2.05, 4.69) is 25.6 Å². The number of halogens is 2. The van der Waals surface area contributed by atoms with Gasteiger partial charge < -0.3 is 0 Å². The molecule has 0 atom stereocenters. The lowest BCUT2D eigenvalue weighted by Crippen LogP contribution is -2.13. The Morgan fingerprint density at radius 3 is 2.65 bits per heavy atom. The molecule has 90 valence electrons. The van der Waals surface area contributed by atoms with E-state index in [0.717, 1.165) is 3.79 Å². The number of nitrogens with zero attached hydrogens (tertiary/aromatic N) is 1. The summed E-state index contributed by atoms with van der Waals surface area (Å²) in [6, 6.07) is 6.24. The van der Waals surface area contributed by atoms with Crippen molar-refractivity contribution >= 4 is 54.0 Å². The standard InChI is InChI=1S/C9H6BrClN2O2S2/c10-8-5-12-9(16-8)13-17(14,15)7-4-2-1-3-6(7)11/h1-5H,(H,12,13). The average molecular weight is 354 g/mol. The van der Waals surface area contributed by atoms with Gasteiger partial charge in [0.15, 0.2) is 5.13 Å². The third-order valence-corrected chi connectivity index (χ3v) is 5.18. The van der Waals surface area contributed by atoms with Gasteiger partial charge in [-0.3, -0.25) is 4.72 Å². The predicted octanol–water partition coefficient (Wildman–Crippen LogP) is 3.36. The van der Waals surface area contributed by atoms with Gasteiger partial charge in [-0.1, -0.05) is 35.1 Å². The van der Waals surface area contributed by atoms with E-state index in [0.29, 0.717) is 0 Å². The summed E-state index contributed by atoms with van der Waals surface area (Å²) in [6.07, 6.45) is 1.52. The summed E-state index contributed by atoms with van der Waals surface area (Å²) in [6.45, 7) is 0. The highest BCUT2D eigenvalue weighted by Crippen LogP contribution is 2.27. The zero-order valence-electron chi connectivity index (χ0n) is 8.22. The molecule has 1 aromatic heterocycles. The second kappa shape index (κ2) is 4.93. The van der Waals surface area contributed by atoms with E-state index in [1.54, 1.807) is 12.1 Å². The van der Waals surface area contributed by atoms with E-state index >= 15 is 0 Å². The van der Waals surface area contributed by atoms with Crippen LogP contribution in [0.1, 0.15) is 0 Å². The Hall–Kier alpha value is -0.630. The lowest BCUT2D eigenvalue weighted by molar-refractivity contribution is 0.601. The molecule has 17 heavy (non-hydrogen) atoms. The molecule has 0 saturated heterocycles. The fraction of sp³-hybridized carbons (Fsp3) is 0. The Labute approximate surface area is 116 Å². The van der Waals surface area contributed by atoms with E-state index in [1.165, 1.54) is 29.7 Å². The number of hydrogen-bond acceptors (Lipinski definition) is 4. The second-order valence-electron chi connectivity index (χ2n) is 3.01. The maximum atomic E-state index is 12.0. The van der Waals surface area contributed by atoms with Crippen molar-refractivity contribution in [1.29, 1.82) is 0 Å². The van der Waals surface area contributed by atoms with Gasteiger partial charge >= 0.3 is 0 Å². The number of rotatable bonds is 3. The molecule has 0 radical (unpaired) electrons. The zero-order valence-corrected chi connectivity index (χ0v) is 12.2. The number of sulfonamides is 1. The van der Waals surface area contributed by atoms with Crippen LogP contribution < -0.4 is 4.72 Å². The van der Waals surface area contributed by atoms with Crippen molar-refractivity contribution in [3.63, 3.8) is 0 Å². The minimum absolute atomic E-state index is 0.0352. The van der Waals surface area contributed by atoms with E-state index in [9.17, 15) is 8.42 Å². The molecule has 0 fully saturated rings. The summed E-state index contributed by atoms with van der Waals surface area (Å²) in [7, 11) is -3.69. The Morgan fingerprint density at radius 2 is 2.06 bits per heavy atom. The first-order valence-electron chi connectivity index (χ1n) is 4.38. The van der Waals surface area contributed by atoms with E-state index in [4.69, 9.17) is 11.6 Å². The number of benzene rings is 1. The highest BCUT2D eigenvalue weighted by atomic mass is 79.9. The fourth-order valence-corrected chi connectivity index (χ4v) is 4.00. The molecule has 0 unspecified atom stereocenters. The van der Waals surface area contributed by atoms with Gasteiger partial charge in [-0.15, -0.1) is 0 Å². The summed E-state index contributed by atoms with van der Waals surface area (Å²) in [5.74, 6) is 0. The highest BCUT2D eigenvalue weighted by molar-refractivity contribution is 9.11. The number of anilines is 1. The lowest BCUT2D eigenvalue weighted by Gasteiger charge is -2.06. The normalized spacial score (nSPS) is 11.4. The van der Waals surface area contributed by atoms with Crippen LogP contribution in [0.3, 0.4) is 0 Å².